The molecule has 0 spiro atoms. The number of hydrogen-bond acceptors (Lipinski definition) is 2. The molecule has 4 heteroatoms. The van der Waals surface area contributed by atoms with Gasteiger partial charge in [0.05, 0.1) is 6.07 Å². The zero-order chi connectivity index (χ0) is 9.68. The first-order valence-corrected chi connectivity index (χ1v) is 3.62. The van der Waals surface area contributed by atoms with Gasteiger partial charge in [-0.05, 0) is 17.7 Å². The van der Waals surface area contributed by atoms with Crippen LogP contribution in [-0.4, -0.2) is 6.41 Å². The molecule has 1 amide bonds. The number of nitrogens with zero attached hydrogens (tertiary/aromatic N) is 1. The number of amides is 1. The fourth-order valence-corrected chi connectivity index (χ4v) is 0.931. The van der Waals surface area contributed by atoms with E-state index in [9.17, 15) is 9.18 Å². The lowest BCUT2D eigenvalue weighted by Gasteiger charge is -2.06. The van der Waals surface area contributed by atoms with Gasteiger partial charge < -0.3 is 5.32 Å². The summed E-state index contributed by atoms with van der Waals surface area (Å²) in [7, 11) is 0. The summed E-state index contributed by atoms with van der Waals surface area (Å²) < 4.78 is 12.5. The van der Waals surface area contributed by atoms with E-state index in [0.29, 0.717) is 12.0 Å². The van der Waals surface area contributed by atoms with Crippen molar-refractivity contribution in [3.63, 3.8) is 0 Å². The molecule has 0 saturated carbocycles. The minimum atomic E-state index is -0.710. The fourth-order valence-electron chi connectivity index (χ4n) is 0.931. The zero-order valence-electron chi connectivity index (χ0n) is 6.70. The number of nitrogens with one attached hydrogen (secondary N) is 1. The fraction of sp³-hybridized carbons (Fsp3) is 0.111. The van der Waals surface area contributed by atoms with Crippen LogP contribution >= 0.6 is 0 Å². The molecule has 0 aliphatic heterocycles. The van der Waals surface area contributed by atoms with Gasteiger partial charge in [0.1, 0.15) is 11.9 Å². The van der Waals surface area contributed by atoms with Crippen molar-refractivity contribution in [3.8, 4) is 6.07 Å². The summed E-state index contributed by atoms with van der Waals surface area (Å²) in [5, 5.41) is 10.9. The van der Waals surface area contributed by atoms with E-state index in [0.717, 1.165) is 0 Å². The van der Waals surface area contributed by atoms with Crippen molar-refractivity contribution >= 4 is 6.41 Å². The van der Waals surface area contributed by atoms with Gasteiger partial charge in [-0.2, -0.15) is 5.26 Å². The molecular weight excluding hydrogens is 171 g/mol. The summed E-state index contributed by atoms with van der Waals surface area (Å²) in [5.41, 5.74) is 0.566. The van der Waals surface area contributed by atoms with Crippen molar-refractivity contribution in [2.24, 2.45) is 0 Å². The highest BCUT2D eigenvalue weighted by Gasteiger charge is 2.07. The highest BCUT2D eigenvalue weighted by Crippen LogP contribution is 2.11. The second-order valence-electron chi connectivity index (χ2n) is 2.40. The van der Waals surface area contributed by atoms with E-state index in [1.165, 1.54) is 24.3 Å². The lowest BCUT2D eigenvalue weighted by Crippen LogP contribution is -2.17. The molecule has 0 saturated heterocycles. The number of hydrogen-bond donors (Lipinski definition) is 1. The quantitative estimate of drug-likeness (QED) is 0.705. The maximum Gasteiger partial charge on any atom is 0.208 e. The molecule has 66 valence electrons. The first-order chi connectivity index (χ1) is 6.27. The lowest BCUT2D eigenvalue weighted by atomic mass is 10.1. The molecule has 13 heavy (non-hydrogen) atoms. The molecular formula is C9H7FN2O. The molecule has 1 aromatic carbocycles. The second-order valence-corrected chi connectivity index (χ2v) is 2.40. The molecule has 0 aromatic heterocycles. The number of nitriles is 1. The van der Waals surface area contributed by atoms with Crippen molar-refractivity contribution in [1.82, 2.24) is 5.32 Å². The Bertz CT molecular complexity index is 328. The highest BCUT2D eigenvalue weighted by atomic mass is 19.1. The van der Waals surface area contributed by atoms with Crippen molar-refractivity contribution in [1.29, 1.82) is 5.26 Å². The molecule has 1 N–H and O–H groups in total. The van der Waals surface area contributed by atoms with Gasteiger partial charge in [-0.3, -0.25) is 4.79 Å². The van der Waals surface area contributed by atoms with E-state index in [4.69, 9.17) is 5.26 Å². The van der Waals surface area contributed by atoms with E-state index in [1.54, 1.807) is 0 Å². The summed E-state index contributed by atoms with van der Waals surface area (Å²) in [6, 6.07) is 6.56. The van der Waals surface area contributed by atoms with Crippen LogP contribution in [0.3, 0.4) is 0 Å². The van der Waals surface area contributed by atoms with Gasteiger partial charge in [0, 0.05) is 0 Å². The number of benzene rings is 1. The highest BCUT2D eigenvalue weighted by molar-refractivity contribution is 5.49. The Labute approximate surface area is 74.8 Å². The first kappa shape index (κ1) is 9.20. The van der Waals surface area contributed by atoms with Gasteiger partial charge >= 0.3 is 0 Å². The molecule has 0 bridgehead atoms. The van der Waals surface area contributed by atoms with E-state index < -0.39 is 6.04 Å². The minimum Gasteiger partial charge on any atom is -0.339 e. The average molecular weight is 178 g/mol. The van der Waals surface area contributed by atoms with Gasteiger partial charge in [0.15, 0.2) is 0 Å². The minimum absolute atomic E-state index is 0.369. The second kappa shape index (κ2) is 4.21. The molecule has 1 atom stereocenters. The average Bonchev–Trinajstić information content (AvgIpc) is 2.16. The molecule has 0 heterocycles. The maximum atomic E-state index is 12.5. The van der Waals surface area contributed by atoms with Crippen molar-refractivity contribution in [2.75, 3.05) is 0 Å². The normalized spacial score (nSPS) is 11.4. The van der Waals surface area contributed by atoms with Crippen LogP contribution in [0, 0.1) is 17.1 Å². The topological polar surface area (TPSA) is 52.9 Å². The number of halogens is 1. The van der Waals surface area contributed by atoms with Gasteiger partial charge in [0.2, 0.25) is 6.41 Å². The SMILES string of the molecule is N#C[C@@H](NC=O)c1ccc(F)cc1. The Hall–Kier alpha value is -1.89. The van der Waals surface area contributed by atoms with Crippen molar-refractivity contribution in [2.45, 2.75) is 6.04 Å². The molecule has 1 aromatic rings. The maximum absolute atomic E-state index is 12.5. The number of rotatable bonds is 3. The Morgan fingerprint density at radius 3 is 2.54 bits per heavy atom. The van der Waals surface area contributed by atoms with Crippen molar-refractivity contribution < 1.29 is 9.18 Å². The van der Waals surface area contributed by atoms with Crippen molar-refractivity contribution in [3.05, 3.63) is 35.6 Å². The molecule has 0 unspecified atom stereocenters. The first-order valence-electron chi connectivity index (χ1n) is 3.62. The smallest absolute Gasteiger partial charge is 0.208 e. The van der Waals surface area contributed by atoms with Crippen LogP contribution in [0.2, 0.25) is 0 Å². The Morgan fingerprint density at radius 1 is 1.46 bits per heavy atom. The summed E-state index contributed by atoms with van der Waals surface area (Å²) >= 11 is 0. The Morgan fingerprint density at radius 2 is 2.08 bits per heavy atom. The summed E-state index contributed by atoms with van der Waals surface area (Å²) in [6.07, 6.45) is 0.442. The van der Waals surface area contributed by atoms with Crippen LogP contribution in [0.1, 0.15) is 11.6 Å². The monoisotopic (exact) mass is 178 g/mol. The largest absolute Gasteiger partial charge is 0.339 e. The Balaban J connectivity index is 2.87. The lowest BCUT2D eigenvalue weighted by molar-refractivity contribution is -0.109. The predicted octanol–water partition coefficient (Wildman–Crippen LogP) is 1.14. The zero-order valence-corrected chi connectivity index (χ0v) is 6.70. The van der Waals surface area contributed by atoms with Crippen LogP contribution in [0.15, 0.2) is 24.3 Å². The van der Waals surface area contributed by atoms with Crippen LogP contribution < -0.4 is 5.32 Å². The third-order valence-electron chi connectivity index (χ3n) is 1.57. The molecule has 0 aliphatic rings. The number of carbonyl (C=O) groups is 1. The van der Waals surface area contributed by atoms with E-state index in [-0.39, 0.29) is 5.82 Å². The summed E-state index contributed by atoms with van der Waals surface area (Å²) in [5.74, 6) is -0.369. The molecule has 0 fully saturated rings. The standard InChI is InChI=1S/C9H7FN2O/c10-8-3-1-7(2-4-8)9(5-11)12-6-13/h1-4,6,9H,(H,12,13)/t9-/m1/s1. The van der Waals surface area contributed by atoms with E-state index >= 15 is 0 Å². The predicted molar refractivity (Wildman–Crippen MR) is 44.0 cm³/mol. The van der Waals surface area contributed by atoms with Gasteiger partial charge in [-0.1, -0.05) is 12.1 Å². The van der Waals surface area contributed by atoms with Gasteiger partial charge in [-0.15, -0.1) is 0 Å². The van der Waals surface area contributed by atoms with Crippen LogP contribution in [0.4, 0.5) is 4.39 Å². The third-order valence-corrected chi connectivity index (χ3v) is 1.57. The Kier molecular flexibility index (Phi) is 2.98. The van der Waals surface area contributed by atoms with E-state index in [1.807, 2.05) is 6.07 Å². The third kappa shape index (κ3) is 2.27. The summed E-state index contributed by atoms with van der Waals surface area (Å²) in [4.78, 5) is 10.1. The molecule has 1 rings (SSSR count). The number of carbonyl (C=O) groups excluding carboxylic acids is 1. The van der Waals surface area contributed by atoms with Gasteiger partial charge in [0.25, 0.3) is 0 Å². The van der Waals surface area contributed by atoms with Gasteiger partial charge in [-0.25, -0.2) is 4.39 Å². The van der Waals surface area contributed by atoms with Crippen LogP contribution in [0.25, 0.3) is 0 Å². The molecule has 3 nitrogen and oxygen atoms in total. The molecule has 0 radical (unpaired) electrons. The van der Waals surface area contributed by atoms with Crippen LogP contribution in [0.5, 0.6) is 0 Å². The summed E-state index contributed by atoms with van der Waals surface area (Å²) in [6.45, 7) is 0. The van der Waals surface area contributed by atoms with E-state index in [2.05, 4.69) is 5.32 Å². The van der Waals surface area contributed by atoms with Crippen LogP contribution in [-0.2, 0) is 4.79 Å². The molecule has 0 aliphatic carbocycles.